The van der Waals surface area contributed by atoms with Crippen LogP contribution in [0.5, 0.6) is 0 Å². The molecule has 80 valence electrons. The molecule has 16 heavy (non-hydrogen) atoms. The SMILES string of the molecule is O=C(O)CCC[C-]=Nc1[c-]cccc1.[Y].[Y]. The Morgan fingerprint density at radius 1 is 1.44 bits per heavy atom. The second-order valence-electron chi connectivity index (χ2n) is 2.77. The molecule has 0 atom stereocenters. The van der Waals surface area contributed by atoms with Gasteiger partial charge in [0.05, 0.1) is 0 Å². The fourth-order valence-corrected chi connectivity index (χ4v) is 0.913. The molecule has 0 aliphatic rings. The summed E-state index contributed by atoms with van der Waals surface area (Å²) in [5.41, 5.74) is 0.725. The van der Waals surface area contributed by atoms with Crippen LogP contribution in [0.3, 0.4) is 0 Å². The van der Waals surface area contributed by atoms with Crippen LogP contribution >= 0.6 is 0 Å². The van der Waals surface area contributed by atoms with Crippen molar-refractivity contribution in [3.63, 3.8) is 0 Å². The molecule has 0 heterocycles. The summed E-state index contributed by atoms with van der Waals surface area (Å²) in [6.45, 7) is 0. The Labute approximate surface area is 146 Å². The van der Waals surface area contributed by atoms with Gasteiger partial charge in [0.25, 0.3) is 0 Å². The number of aliphatic imine (C=N–C) groups is 1. The van der Waals surface area contributed by atoms with Crippen molar-refractivity contribution >= 4 is 17.9 Å². The molecule has 1 aromatic carbocycles. The van der Waals surface area contributed by atoms with Crippen LogP contribution in [0, 0.1) is 6.07 Å². The quantitative estimate of drug-likeness (QED) is 0.494. The third-order valence-electron chi connectivity index (χ3n) is 1.57. The summed E-state index contributed by atoms with van der Waals surface area (Å²) in [6, 6.07) is 10.3. The average Bonchev–Trinajstić information content (AvgIpc) is 2.18. The average molecular weight is 367 g/mol. The summed E-state index contributed by atoms with van der Waals surface area (Å²) < 4.78 is 0. The molecule has 3 nitrogen and oxygen atoms in total. The molecule has 5 heteroatoms. The number of aliphatic carboxylic acids is 1. The zero-order chi connectivity index (χ0) is 10.2. The first-order chi connectivity index (χ1) is 6.79. The van der Waals surface area contributed by atoms with Crippen LogP contribution in [0.2, 0.25) is 0 Å². The van der Waals surface area contributed by atoms with E-state index in [9.17, 15) is 4.79 Å². The van der Waals surface area contributed by atoms with E-state index in [1.165, 1.54) is 0 Å². The molecule has 0 bridgehead atoms. The van der Waals surface area contributed by atoms with E-state index in [1.807, 2.05) is 18.2 Å². The Hall–Kier alpha value is 0.568. The number of unbranched alkanes of at least 4 members (excludes halogenated alkanes) is 1. The smallest absolute Gasteiger partial charge is 0.303 e. The van der Waals surface area contributed by atoms with Crippen molar-refractivity contribution in [3.8, 4) is 0 Å². The van der Waals surface area contributed by atoms with Crippen molar-refractivity contribution in [1.29, 1.82) is 0 Å². The van der Waals surface area contributed by atoms with Gasteiger partial charge in [0, 0.05) is 71.8 Å². The van der Waals surface area contributed by atoms with Gasteiger partial charge in [-0.05, 0) is 0 Å². The molecule has 0 unspecified atom stereocenters. The summed E-state index contributed by atoms with van der Waals surface area (Å²) in [4.78, 5) is 14.2. The summed E-state index contributed by atoms with van der Waals surface area (Å²) in [6.07, 6.45) is 4.09. The van der Waals surface area contributed by atoms with E-state index in [1.54, 1.807) is 6.07 Å². The van der Waals surface area contributed by atoms with E-state index < -0.39 is 5.97 Å². The standard InChI is InChI=1S/C11H11NO2.2Y/c13-11(14)8-4-5-9-12-10-6-2-1-3-7-10;;/h1-3,6H,4-5,8H2,(H,13,14);;/q-2;;. The van der Waals surface area contributed by atoms with Crippen LogP contribution in [-0.4, -0.2) is 17.3 Å². The van der Waals surface area contributed by atoms with Gasteiger partial charge < -0.3 is 10.1 Å². The maximum absolute atomic E-state index is 10.2. The van der Waals surface area contributed by atoms with Crippen LogP contribution in [-0.2, 0) is 70.2 Å². The summed E-state index contributed by atoms with van der Waals surface area (Å²) >= 11 is 0. The molecule has 0 aliphatic carbocycles. The zero-order valence-corrected chi connectivity index (χ0v) is 14.6. The molecule has 1 rings (SSSR count). The normalized spacial score (nSPS) is 9.25. The van der Waals surface area contributed by atoms with E-state index in [4.69, 9.17) is 5.11 Å². The molecule has 0 aromatic heterocycles. The molecule has 0 amide bonds. The topological polar surface area (TPSA) is 49.7 Å². The number of carboxylic acids is 1. The van der Waals surface area contributed by atoms with Crippen LogP contribution in [0.15, 0.2) is 29.3 Å². The van der Waals surface area contributed by atoms with E-state index in [0.717, 1.165) is 5.69 Å². The van der Waals surface area contributed by atoms with Gasteiger partial charge in [-0.1, -0.05) is 12.8 Å². The minimum atomic E-state index is -0.780. The number of benzene rings is 1. The van der Waals surface area contributed by atoms with Gasteiger partial charge in [0.2, 0.25) is 0 Å². The predicted octanol–water partition coefficient (Wildman–Crippen LogP) is 2.32. The monoisotopic (exact) mass is 367 g/mol. The van der Waals surface area contributed by atoms with Gasteiger partial charge in [0.15, 0.2) is 0 Å². The minimum Gasteiger partial charge on any atom is -0.482 e. The largest absolute Gasteiger partial charge is 0.482 e. The first-order valence-electron chi connectivity index (χ1n) is 4.41. The number of para-hydroxylation sites is 1. The summed E-state index contributed by atoms with van der Waals surface area (Å²) in [7, 11) is 0. The zero-order valence-electron chi connectivity index (χ0n) is 8.89. The molecule has 0 spiro atoms. The summed E-state index contributed by atoms with van der Waals surface area (Å²) in [5.74, 6) is -0.780. The van der Waals surface area contributed by atoms with Crippen molar-refractivity contribution in [2.75, 3.05) is 0 Å². The first kappa shape index (κ1) is 18.9. The number of hydrogen-bond acceptors (Lipinski definition) is 2. The molecular formula is C11H11NO2Y2-2. The fraction of sp³-hybridized carbons (Fsp3) is 0.273. The molecule has 0 aliphatic heterocycles. The second kappa shape index (κ2) is 12.0. The fourth-order valence-electron chi connectivity index (χ4n) is 0.913. The predicted molar refractivity (Wildman–Crippen MR) is 53.9 cm³/mol. The minimum absolute atomic E-state index is 0. The van der Waals surface area contributed by atoms with Gasteiger partial charge in [-0.2, -0.15) is 24.4 Å². The van der Waals surface area contributed by atoms with Gasteiger partial charge in [-0.15, -0.1) is 0 Å². The molecule has 0 fully saturated rings. The molecule has 1 N–H and O–H groups in total. The number of hydrogen-bond donors (Lipinski definition) is 1. The van der Waals surface area contributed by atoms with Crippen molar-refractivity contribution in [1.82, 2.24) is 0 Å². The van der Waals surface area contributed by atoms with Crippen molar-refractivity contribution < 1.29 is 75.3 Å². The van der Waals surface area contributed by atoms with Crippen LogP contribution in [0.25, 0.3) is 0 Å². The van der Waals surface area contributed by atoms with Crippen LogP contribution in [0.1, 0.15) is 19.3 Å². The van der Waals surface area contributed by atoms with E-state index in [0.29, 0.717) is 12.8 Å². The van der Waals surface area contributed by atoms with Gasteiger partial charge in [-0.25, -0.2) is 11.8 Å². The molecule has 0 saturated heterocycles. The summed E-state index contributed by atoms with van der Waals surface area (Å²) in [5, 5.41) is 8.37. The van der Waals surface area contributed by atoms with Crippen LogP contribution < -0.4 is 0 Å². The van der Waals surface area contributed by atoms with Crippen molar-refractivity contribution in [2.45, 2.75) is 19.3 Å². The third-order valence-corrected chi connectivity index (χ3v) is 1.57. The molecule has 1 aromatic rings. The van der Waals surface area contributed by atoms with Gasteiger partial charge in [-0.3, -0.25) is 10.9 Å². The van der Waals surface area contributed by atoms with Crippen molar-refractivity contribution in [3.05, 3.63) is 30.3 Å². The Morgan fingerprint density at radius 3 is 2.75 bits per heavy atom. The maximum atomic E-state index is 10.2. The molecular weight excluding hydrogens is 356 g/mol. The number of rotatable bonds is 5. The Balaban J connectivity index is 0. The molecule has 0 saturated carbocycles. The van der Waals surface area contributed by atoms with Crippen molar-refractivity contribution in [2.24, 2.45) is 4.99 Å². The van der Waals surface area contributed by atoms with Crippen LogP contribution in [0.4, 0.5) is 5.69 Å². The maximum Gasteiger partial charge on any atom is 0.303 e. The Bertz CT molecular complexity index is 315. The van der Waals surface area contributed by atoms with Gasteiger partial charge in [0.1, 0.15) is 0 Å². The number of carbonyl (C=O) groups is 1. The first-order valence-corrected chi connectivity index (χ1v) is 4.41. The Kier molecular flexibility index (Phi) is 14.2. The molecule has 2 radical (unpaired) electrons. The third kappa shape index (κ3) is 9.77. The second-order valence-corrected chi connectivity index (χ2v) is 2.77. The number of carboxylic acid groups (broad SMARTS) is 1. The Morgan fingerprint density at radius 2 is 2.19 bits per heavy atom. The van der Waals surface area contributed by atoms with E-state index >= 15 is 0 Å². The van der Waals surface area contributed by atoms with E-state index in [2.05, 4.69) is 17.3 Å². The number of nitrogens with zero attached hydrogens (tertiary/aromatic N) is 1. The van der Waals surface area contributed by atoms with Gasteiger partial charge >= 0.3 is 5.97 Å². The van der Waals surface area contributed by atoms with E-state index in [-0.39, 0.29) is 71.8 Å².